The molecular weight excluding hydrogens is 160 g/mol. The van der Waals surface area contributed by atoms with E-state index in [0.717, 1.165) is 13.1 Å². The molecule has 0 atom stereocenters. The van der Waals surface area contributed by atoms with Crippen LogP contribution in [0, 0.1) is 0 Å². The summed E-state index contributed by atoms with van der Waals surface area (Å²) in [6, 6.07) is 8.74. The normalized spacial score (nSPS) is 23.0. The maximum Gasteiger partial charge on any atom is 0.0688 e. The number of nitrogens with one attached hydrogen (secondary N) is 1. The molecule has 1 aromatic rings. The molecule has 1 saturated heterocycles. The van der Waals surface area contributed by atoms with Crippen molar-refractivity contribution in [1.82, 2.24) is 5.32 Å². The molecule has 2 heteroatoms. The maximum atomic E-state index is 3.37. The zero-order valence-electron chi connectivity index (χ0n) is 7.88. The van der Waals surface area contributed by atoms with Crippen molar-refractivity contribution in [1.29, 1.82) is 0 Å². The van der Waals surface area contributed by atoms with Crippen LogP contribution in [-0.4, -0.2) is 25.7 Å². The van der Waals surface area contributed by atoms with E-state index in [-0.39, 0.29) is 0 Å². The summed E-state index contributed by atoms with van der Waals surface area (Å²) < 4.78 is 0. The topological polar surface area (TPSA) is 15.3 Å². The molecule has 2 aliphatic heterocycles. The van der Waals surface area contributed by atoms with Crippen LogP contribution in [0.4, 0.5) is 5.69 Å². The number of para-hydroxylation sites is 1. The Morgan fingerprint density at radius 3 is 2.69 bits per heavy atom. The number of hydrogen-bond donors (Lipinski definition) is 1. The molecule has 2 aliphatic rings. The van der Waals surface area contributed by atoms with Gasteiger partial charge < -0.3 is 10.2 Å². The first-order valence-electron chi connectivity index (χ1n) is 4.84. The van der Waals surface area contributed by atoms with Gasteiger partial charge in [-0.05, 0) is 11.6 Å². The third kappa shape index (κ3) is 0.814. The monoisotopic (exact) mass is 174 g/mol. The summed E-state index contributed by atoms with van der Waals surface area (Å²) in [4.78, 5) is 2.44. The number of benzene rings is 1. The predicted octanol–water partition coefficient (Wildman–Crippen LogP) is 1.02. The Labute approximate surface area is 78.6 Å². The van der Waals surface area contributed by atoms with E-state index in [1.165, 1.54) is 17.7 Å². The molecule has 3 rings (SSSR count). The Hall–Kier alpha value is -1.02. The average Bonchev–Trinajstić information content (AvgIpc) is 2.40. The van der Waals surface area contributed by atoms with Crippen LogP contribution in [0.2, 0.25) is 0 Å². The van der Waals surface area contributed by atoms with Gasteiger partial charge in [0.05, 0.1) is 5.54 Å². The van der Waals surface area contributed by atoms with E-state index in [9.17, 15) is 0 Å². The predicted molar refractivity (Wildman–Crippen MR) is 54.1 cm³/mol. The lowest BCUT2D eigenvalue weighted by Gasteiger charge is -2.46. The number of fused-ring (bicyclic) bond motifs is 1. The zero-order chi connectivity index (χ0) is 8.89. The van der Waals surface area contributed by atoms with Gasteiger partial charge in [-0.3, -0.25) is 0 Å². The lowest BCUT2D eigenvalue weighted by Crippen LogP contribution is -2.67. The lowest BCUT2D eigenvalue weighted by atomic mass is 9.88. The minimum absolute atomic E-state index is 0.406. The number of likely N-dealkylation sites (N-methyl/N-ethyl adjacent to an activating group) is 1. The van der Waals surface area contributed by atoms with Crippen LogP contribution in [0.5, 0.6) is 0 Å². The average molecular weight is 174 g/mol. The van der Waals surface area contributed by atoms with Crippen LogP contribution in [0.3, 0.4) is 0 Å². The van der Waals surface area contributed by atoms with Crippen molar-refractivity contribution in [2.45, 2.75) is 12.0 Å². The summed E-state index contributed by atoms with van der Waals surface area (Å²) in [5, 5.41) is 3.37. The van der Waals surface area contributed by atoms with E-state index in [0.29, 0.717) is 5.54 Å². The highest BCUT2D eigenvalue weighted by Gasteiger charge is 2.45. The van der Waals surface area contributed by atoms with E-state index in [1.54, 1.807) is 0 Å². The van der Waals surface area contributed by atoms with Crippen molar-refractivity contribution in [2.24, 2.45) is 0 Å². The van der Waals surface area contributed by atoms with Crippen LogP contribution in [0.25, 0.3) is 0 Å². The highest BCUT2D eigenvalue weighted by atomic mass is 15.3. The molecule has 1 fully saturated rings. The molecule has 68 valence electrons. The van der Waals surface area contributed by atoms with E-state index in [2.05, 4.69) is 41.5 Å². The first-order valence-corrected chi connectivity index (χ1v) is 4.84. The van der Waals surface area contributed by atoms with Crippen molar-refractivity contribution >= 4 is 5.69 Å². The van der Waals surface area contributed by atoms with Crippen LogP contribution < -0.4 is 10.2 Å². The van der Waals surface area contributed by atoms with Crippen LogP contribution >= 0.6 is 0 Å². The Kier molecular flexibility index (Phi) is 1.29. The van der Waals surface area contributed by atoms with Gasteiger partial charge >= 0.3 is 0 Å². The number of rotatable bonds is 0. The van der Waals surface area contributed by atoms with Gasteiger partial charge in [0.2, 0.25) is 0 Å². The van der Waals surface area contributed by atoms with Crippen molar-refractivity contribution in [3.05, 3.63) is 29.8 Å². The largest absolute Gasteiger partial charge is 0.366 e. The third-order valence-corrected chi connectivity index (χ3v) is 3.49. The summed E-state index contributed by atoms with van der Waals surface area (Å²) in [7, 11) is 2.21. The number of nitrogens with zero attached hydrogens (tertiary/aromatic N) is 1. The molecule has 0 amide bonds. The van der Waals surface area contributed by atoms with E-state index in [1.807, 2.05) is 0 Å². The van der Waals surface area contributed by atoms with Gasteiger partial charge in [0.1, 0.15) is 0 Å². The first kappa shape index (κ1) is 7.39. The molecule has 0 bridgehead atoms. The Morgan fingerprint density at radius 2 is 2.08 bits per heavy atom. The highest BCUT2D eigenvalue weighted by Crippen LogP contribution is 2.39. The molecule has 0 saturated carbocycles. The Bertz CT molecular complexity index is 342. The Morgan fingerprint density at radius 1 is 1.31 bits per heavy atom. The SMILES string of the molecule is CN1c2ccccc2CC12CNC2. The second kappa shape index (κ2) is 2.26. The standard InChI is InChI=1S/C11H14N2/c1-13-10-5-3-2-4-9(10)6-11(13)7-12-8-11/h2-5,12H,6-8H2,1H3. The molecule has 1 N–H and O–H groups in total. The molecule has 2 heterocycles. The van der Waals surface area contributed by atoms with Gasteiger partial charge in [-0.1, -0.05) is 18.2 Å². The van der Waals surface area contributed by atoms with Crippen molar-refractivity contribution in [2.75, 3.05) is 25.0 Å². The summed E-state index contributed by atoms with van der Waals surface area (Å²) in [6.07, 6.45) is 1.21. The van der Waals surface area contributed by atoms with Crippen molar-refractivity contribution in [3.8, 4) is 0 Å². The summed E-state index contributed by atoms with van der Waals surface area (Å²) in [5.74, 6) is 0. The molecule has 2 nitrogen and oxygen atoms in total. The smallest absolute Gasteiger partial charge is 0.0688 e. The third-order valence-electron chi connectivity index (χ3n) is 3.49. The van der Waals surface area contributed by atoms with Gasteiger partial charge in [0.25, 0.3) is 0 Å². The van der Waals surface area contributed by atoms with Crippen molar-refractivity contribution < 1.29 is 0 Å². The van der Waals surface area contributed by atoms with Crippen LogP contribution in [-0.2, 0) is 6.42 Å². The van der Waals surface area contributed by atoms with Gasteiger partial charge in [0.15, 0.2) is 0 Å². The van der Waals surface area contributed by atoms with Gasteiger partial charge in [-0.15, -0.1) is 0 Å². The zero-order valence-corrected chi connectivity index (χ0v) is 7.88. The molecule has 1 spiro atoms. The molecule has 13 heavy (non-hydrogen) atoms. The molecule has 0 aliphatic carbocycles. The number of hydrogen-bond acceptors (Lipinski definition) is 2. The second-order valence-electron chi connectivity index (χ2n) is 4.19. The lowest BCUT2D eigenvalue weighted by molar-refractivity contribution is 0.281. The first-order chi connectivity index (χ1) is 6.32. The molecule has 0 aromatic heterocycles. The quantitative estimate of drug-likeness (QED) is 0.631. The minimum atomic E-state index is 0.406. The fourth-order valence-electron chi connectivity index (χ4n) is 2.49. The molecule has 0 unspecified atom stereocenters. The summed E-state index contributed by atoms with van der Waals surface area (Å²) in [5.41, 5.74) is 3.33. The van der Waals surface area contributed by atoms with Crippen LogP contribution in [0.1, 0.15) is 5.56 Å². The van der Waals surface area contributed by atoms with Gasteiger partial charge in [-0.2, -0.15) is 0 Å². The van der Waals surface area contributed by atoms with Crippen molar-refractivity contribution in [3.63, 3.8) is 0 Å². The Balaban J connectivity index is 2.06. The summed E-state index contributed by atoms with van der Waals surface area (Å²) in [6.45, 7) is 2.27. The fourth-order valence-corrected chi connectivity index (χ4v) is 2.49. The molecular formula is C11H14N2. The minimum Gasteiger partial charge on any atom is -0.366 e. The van der Waals surface area contributed by atoms with Gasteiger partial charge in [-0.25, -0.2) is 0 Å². The second-order valence-corrected chi connectivity index (χ2v) is 4.19. The van der Waals surface area contributed by atoms with E-state index in [4.69, 9.17) is 0 Å². The highest BCUT2D eigenvalue weighted by molar-refractivity contribution is 5.62. The van der Waals surface area contributed by atoms with Gasteiger partial charge in [0, 0.05) is 32.2 Å². The number of anilines is 1. The van der Waals surface area contributed by atoms with E-state index < -0.39 is 0 Å². The summed E-state index contributed by atoms with van der Waals surface area (Å²) >= 11 is 0. The molecule has 1 aromatic carbocycles. The maximum absolute atomic E-state index is 3.37. The van der Waals surface area contributed by atoms with Crippen LogP contribution in [0.15, 0.2) is 24.3 Å². The fraction of sp³-hybridized carbons (Fsp3) is 0.455. The molecule has 0 radical (unpaired) electrons. The van der Waals surface area contributed by atoms with E-state index >= 15 is 0 Å².